The topological polar surface area (TPSA) is 0 Å². The van der Waals surface area contributed by atoms with E-state index in [-0.39, 0.29) is 0 Å². The fraction of sp³-hybridized carbons (Fsp3) is 1.00. The van der Waals surface area contributed by atoms with Crippen LogP contribution in [0.1, 0.15) is 153 Å². The second-order valence-corrected chi connectivity index (χ2v) is 32.7. The first kappa shape index (κ1) is 39.1. The smallest absolute Gasteiger partial charge is 0.0546 e. The van der Waals surface area contributed by atoms with E-state index >= 15 is 0 Å². The van der Waals surface area contributed by atoms with Gasteiger partial charge in [0.15, 0.2) is 0 Å². The first-order valence-electron chi connectivity index (χ1n) is 23.0. The Hall–Kier alpha value is 0.434. The third-order valence-electron chi connectivity index (χ3n) is 20.3. The molecule has 6 aliphatic rings. The Morgan fingerprint density at radius 3 is 1.02 bits per heavy atom. The van der Waals surface area contributed by atoms with Crippen LogP contribution in [-0.2, 0) is 0 Å². The van der Waals surface area contributed by atoms with Gasteiger partial charge in [-0.15, -0.1) is 0 Å². The van der Waals surface area contributed by atoms with Gasteiger partial charge >= 0.3 is 0 Å². The van der Waals surface area contributed by atoms with Crippen molar-refractivity contribution in [2.75, 3.05) is 0 Å². The Labute approximate surface area is 310 Å². The zero-order chi connectivity index (χ0) is 35.7. The zero-order valence-electron chi connectivity index (χ0n) is 35.7. The van der Waals surface area contributed by atoms with Crippen molar-refractivity contribution in [3.8, 4) is 0 Å². The Balaban J connectivity index is 1.01. The lowest BCUT2D eigenvalue weighted by atomic mass is 9.71. The first-order chi connectivity index (χ1) is 23.0. The molecule has 6 rings (SSSR count). The summed E-state index contributed by atoms with van der Waals surface area (Å²) in [5.41, 5.74) is 4.25. The highest BCUT2D eigenvalue weighted by molar-refractivity contribution is 6.81. The fourth-order valence-corrected chi connectivity index (χ4v) is 31.8. The Morgan fingerprint density at radius 1 is 0.367 bits per heavy atom. The zero-order valence-corrected chi connectivity index (χ0v) is 37.7. The number of unbranched alkanes of at least 4 members (excludes halogenated alkanes) is 2. The monoisotopic (exact) mass is 709 g/mol. The number of rotatable bonds is 10. The first-order valence-corrected chi connectivity index (χ1v) is 29.3. The van der Waals surface area contributed by atoms with E-state index in [2.05, 4.69) is 95.4 Å². The third-order valence-corrected chi connectivity index (χ3v) is 31.3. The molecule has 18 atom stereocenters. The van der Waals surface area contributed by atoms with Gasteiger partial charge in [-0.2, -0.15) is 0 Å². The maximum Gasteiger partial charge on any atom is 0.0546 e. The molecular formula is C47H88Si2. The molecule has 0 aromatic carbocycles. The maximum absolute atomic E-state index is 2.88. The van der Waals surface area contributed by atoms with Gasteiger partial charge in [-0.1, -0.05) is 166 Å². The van der Waals surface area contributed by atoms with Gasteiger partial charge in [0, 0.05) is 0 Å². The second-order valence-electron chi connectivity index (χ2n) is 22.7. The quantitative estimate of drug-likeness (QED) is 0.157. The van der Waals surface area contributed by atoms with Crippen molar-refractivity contribution in [2.45, 2.75) is 201 Å². The van der Waals surface area contributed by atoms with Crippen LogP contribution in [0.4, 0.5) is 0 Å². The third kappa shape index (κ3) is 6.74. The van der Waals surface area contributed by atoms with E-state index in [1.807, 2.05) is 0 Å². The lowest BCUT2D eigenvalue weighted by molar-refractivity contribution is 0.159. The van der Waals surface area contributed by atoms with Gasteiger partial charge in [-0.05, 0) is 130 Å². The average molecular weight is 709 g/mol. The predicted octanol–water partition coefficient (Wildman–Crippen LogP) is 15.1. The van der Waals surface area contributed by atoms with Gasteiger partial charge in [0.05, 0.1) is 16.1 Å². The molecule has 0 saturated heterocycles. The van der Waals surface area contributed by atoms with E-state index in [9.17, 15) is 0 Å². The van der Waals surface area contributed by atoms with Crippen LogP contribution in [0.3, 0.4) is 0 Å². The fourth-order valence-electron chi connectivity index (χ4n) is 18.0. The molecule has 0 radical (unpaired) electrons. The van der Waals surface area contributed by atoms with Crippen LogP contribution in [0.5, 0.6) is 0 Å². The molecule has 284 valence electrons. The molecule has 6 fully saturated rings. The van der Waals surface area contributed by atoms with Crippen molar-refractivity contribution in [1.82, 2.24) is 0 Å². The van der Waals surface area contributed by atoms with Crippen molar-refractivity contribution < 1.29 is 0 Å². The van der Waals surface area contributed by atoms with Gasteiger partial charge < -0.3 is 0 Å². The molecule has 0 nitrogen and oxygen atoms in total. The van der Waals surface area contributed by atoms with E-state index < -0.39 is 16.1 Å². The SMILES string of the molecule is CC1CC2C(CCCCCC3CCCC4C3CC(C)C4[Si](C)(C)C3C(C)C(C)C(C)C3C)CCCC2C1[Si](C)(C)C1C(C)C(C)C(C)C1C. The Morgan fingerprint density at radius 2 is 0.694 bits per heavy atom. The molecule has 0 amide bonds. The molecule has 0 N–H and O–H groups in total. The van der Waals surface area contributed by atoms with Crippen LogP contribution in [0.15, 0.2) is 0 Å². The molecule has 0 bridgehead atoms. The normalized spacial score (nSPS) is 52.0. The summed E-state index contributed by atoms with van der Waals surface area (Å²) in [4.78, 5) is 0. The molecule has 2 heteroatoms. The molecule has 49 heavy (non-hydrogen) atoms. The van der Waals surface area contributed by atoms with Crippen molar-refractivity contribution in [1.29, 1.82) is 0 Å². The van der Waals surface area contributed by atoms with E-state index in [1.54, 1.807) is 64.2 Å². The highest BCUT2D eigenvalue weighted by Gasteiger charge is 2.60. The largest absolute Gasteiger partial charge is 0.0689 e. The molecule has 0 aromatic rings. The lowest BCUT2D eigenvalue weighted by Gasteiger charge is -2.47. The summed E-state index contributed by atoms with van der Waals surface area (Å²) in [5.74, 6) is 15.8. The minimum absolute atomic E-state index is 0.919. The summed E-state index contributed by atoms with van der Waals surface area (Å²) in [6.45, 7) is 37.9. The standard InChI is InChI=1S/C47H88Si2/c1-28-26-42-38(22-18-24-40(42)44(28)48(11,12)46-34(7)30(3)31(4)35(46)8)20-16-15-17-21-39-23-19-25-41-43(39)27-29(2)45(41)49(13,14)47-36(9)32(5)33(6)37(47)10/h28-47H,15-27H2,1-14H3. The summed E-state index contributed by atoms with van der Waals surface area (Å²) in [7, 11) is -2.72. The molecule has 0 heterocycles. The average Bonchev–Trinajstić information content (AvgIpc) is 3.70. The number of hydrogen-bond acceptors (Lipinski definition) is 0. The number of fused-ring (bicyclic) bond motifs is 2. The Bertz CT molecular complexity index is 982. The van der Waals surface area contributed by atoms with Crippen LogP contribution < -0.4 is 0 Å². The van der Waals surface area contributed by atoms with Crippen molar-refractivity contribution in [3.05, 3.63) is 0 Å². The van der Waals surface area contributed by atoms with E-state index in [4.69, 9.17) is 0 Å². The molecule has 6 saturated carbocycles. The summed E-state index contributed by atoms with van der Waals surface area (Å²) in [6, 6.07) is 0. The minimum Gasteiger partial charge on any atom is -0.0689 e. The van der Waals surface area contributed by atoms with Crippen LogP contribution >= 0.6 is 0 Å². The molecule has 0 aromatic heterocycles. The van der Waals surface area contributed by atoms with Crippen molar-refractivity contribution in [2.24, 2.45) is 94.7 Å². The minimum atomic E-state index is -1.36. The molecule has 6 aliphatic carbocycles. The highest BCUT2D eigenvalue weighted by Crippen LogP contribution is 2.66. The predicted molar refractivity (Wildman–Crippen MR) is 223 cm³/mol. The van der Waals surface area contributed by atoms with Crippen LogP contribution in [0.2, 0.25) is 48.4 Å². The second kappa shape index (κ2) is 14.9. The summed E-state index contributed by atoms with van der Waals surface area (Å²) >= 11 is 0. The summed E-state index contributed by atoms with van der Waals surface area (Å²) in [6.07, 6.45) is 20.3. The van der Waals surface area contributed by atoms with Crippen molar-refractivity contribution >= 4 is 16.1 Å². The van der Waals surface area contributed by atoms with Gasteiger partial charge in [0.1, 0.15) is 0 Å². The highest BCUT2D eigenvalue weighted by atomic mass is 28.3. The van der Waals surface area contributed by atoms with Gasteiger partial charge in [-0.3, -0.25) is 0 Å². The summed E-state index contributed by atoms with van der Waals surface area (Å²) in [5, 5.41) is 0. The number of hydrogen-bond donors (Lipinski definition) is 0. The molecule has 0 spiro atoms. The van der Waals surface area contributed by atoms with Crippen LogP contribution in [0, 0.1) is 94.7 Å². The van der Waals surface area contributed by atoms with Gasteiger partial charge in [0.2, 0.25) is 0 Å². The van der Waals surface area contributed by atoms with Crippen LogP contribution in [0.25, 0.3) is 0 Å². The van der Waals surface area contributed by atoms with Gasteiger partial charge in [0.25, 0.3) is 0 Å². The van der Waals surface area contributed by atoms with E-state index in [0.29, 0.717) is 0 Å². The molecular weight excluding hydrogens is 621 g/mol. The maximum atomic E-state index is 2.88. The van der Waals surface area contributed by atoms with E-state index in [0.717, 1.165) is 117 Å². The molecule has 0 aliphatic heterocycles. The van der Waals surface area contributed by atoms with Crippen molar-refractivity contribution in [3.63, 3.8) is 0 Å². The Kier molecular flexibility index (Phi) is 11.9. The van der Waals surface area contributed by atoms with Crippen LogP contribution in [-0.4, -0.2) is 16.1 Å². The lowest BCUT2D eigenvalue weighted by Crippen LogP contribution is -2.46. The molecule has 18 unspecified atom stereocenters. The van der Waals surface area contributed by atoms with E-state index in [1.165, 1.54) is 19.3 Å². The summed E-state index contributed by atoms with van der Waals surface area (Å²) < 4.78 is 0. The van der Waals surface area contributed by atoms with Gasteiger partial charge in [-0.25, -0.2) is 0 Å².